The summed E-state index contributed by atoms with van der Waals surface area (Å²) in [6.45, 7) is 9.07. The predicted octanol–water partition coefficient (Wildman–Crippen LogP) is 7.35. The molecule has 1 N–H and O–H groups in total. The van der Waals surface area contributed by atoms with E-state index in [-0.39, 0.29) is 11.3 Å². The molecular formula is C32H34N2O7S. The quantitative estimate of drug-likeness (QED) is 0.127. The molecule has 2 aromatic carbocycles. The Morgan fingerprint density at radius 1 is 1.00 bits per heavy atom. The van der Waals surface area contributed by atoms with Gasteiger partial charge >= 0.3 is 0 Å². The van der Waals surface area contributed by atoms with Crippen molar-refractivity contribution < 1.29 is 33.3 Å². The summed E-state index contributed by atoms with van der Waals surface area (Å²) in [7, 11) is 0. The molecule has 1 aliphatic heterocycles. The van der Waals surface area contributed by atoms with Gasteiger partial charge in [0.05, 0.1) is 41.7 Å². The molecular weight excluding hydrogens is 556 g/mol. The van der Waals surface area contributed by atoms with Crippen molar-refractivity contribution in [3.8, 4) is 17.2 Å². The number of ether oxygens (including phenoxy) is 3. The molecule has 2 aromatic heterocycles. The molecule has 1 amide bonds. The van der Waals surface area contributed by atoms with E-state index in [1.807, 2.05) is 32.0 Å². The number of benzene rings is 2. The number of hydrogen-bond acceptors (Lipinski definition) is 9. The van der Waals surface area contributed by atoms with Crippen molar-refractivity contribution in [3.05, 3.63) is 76.9 Å². The number of carbonyl (C=O) groups excluding carboxylic acids is 2. The van der Waals surface area contributed by atoms with Crippen LogP contribution in [-0.2, 0) is 4.79 Å². The molecule has 4 aromatic rings. The first-order valence-electron chi connectivity index (χ1n) is 14.2. The Morgan fingerprint density at radius 3 is 2.52 bits per heavy atom. The van der Waals surface area contributed by atoms with Gasteiger partial charge in [-0.1, -0.05) is 37.2 Å². The van der Waals surface area contributed by atoms with Gasteiger partial charge in [-0.3, -0.25) is 14.5 Å². The molecule has 220 valence electrons. The highest BCUT2D eigenvalue weighted by atomic mass is 32.1. The first-order chi connectivity index (χ1) is 20.4. The number of aliphatic hydroxyl groups excluding tert-OH is 1. The van der Waals surface area contributed by atoms with Crippen LogP contribution in [0.5, 0.6) is 17.2 Å². The average molecular weight is 591 g/mol. The number of nitrogens with zero attached hydrogens (tertiary/aromatic N) is 2. The SMILES string of the molecule is CCCCCOc1ccc(C2C(C(=O)c3ccc(C)o3)=C(O)C(=O)N2c2nc3ccc(OCC)cc3s2)cc1OCC. The van der Waals surface area contributed by atoms with Gasteiger partial charge in [0, 0.05) is 0 Å². The molecule has 1 unspecified atom stereocenters. The van der Waals surface area contributed by atoms with E-state index < -0.39 is 23.5 Å². The third-order valence-electron chi connectivity index (χ3n) is 6.87. The second kappa shape index (κ2) is 12.7. The fraction of sp³-hybridized carbons (Fsp3) is 0.344. The number of amides is 1. The van der Waals surface area contributed by atoms with Crippen molar-refractivity contribution in [2.75, 3.05) is 24.7 Å². The number of aromatic nitrogens is 1. The topological polar surface area (TPSA) is 111 Å². The lowest BCUT2D eigenvalue weighted by Gasteiger charge is -2.25. The van der Waals surface area contributed by atoms with Crippen molar-refractivity contribution in [2.24, 2.45) is 0 Å². The lowest BCUT2D eigenvalue weighted by atomic mass is 9.95. The summed E-state index contributed by atoms with van der Waals surface area (Å²) in [5.74, 6) is 0.343. The first-order valence-corrected chi connectivity index (χ1v) is 15.0. The number of aryl methyl sites for hydroxylation is 1. The predicted molar refractivity (Wildman–Crippen MR) is 161 cm³/mol. The van der Waals surface area contributed by atoms with E-state index in [9.17, 15) is 14.7 Å². The highest BCUT2D eigenvalue weighted by Gasteiger charge is 2.46. The normalized spacial score (nSPS) is 15.1. The largest absolute Gasteiger partial charge is 0.503 e. The lowest BCUT2D eigenvalue weighted by molar-refractivity contribution is -0.117. The van der Waals surface area contributed by atoms with Gasteiger partial charge in [-0.15, -0.1) is 0 Å². The van der Waals surface area contributed by atoms with Crippen LogP contribution >= 0.6 is 11.3 Å². The smallest absolute Gasteiger partial charge is 0.296 e. The second-order valence-electron chi connectivity index (χ2n) is 9.83. The van der Waals surface area contributed by atoms with Crippen LogP contribution in [0.3, 0.4) is 0 Å². The van der Waals surface area contributed by atoms with Gasteiger partial charge in [-0.05, 0) is 75.2 Å². The average Bonchev–Trinajstić information content (AvgIpc) is 3.67. The number of fused-ring (bicyclic) bond motifs is 1. The van der Waals surface area contributed by atoms with Gasteiger partial charge < -0.3 is 23.7 Å². The third kappa shape index (κ3) is 5.72. The molecule has 0 saturated carbocycles. The minimum absolute atomic E-state index is 0.0280. The van der Waals surface area contributed by atoms with Crippen LogP contribution in [0.25, 0.3) is 10.2 Å². The number of aliphatic hydroxyl groups is 1. The molecule has 9 nitrogen and oxygen atoms in total. The Bertz CT molecular complexity index is 1640. The molecule has 0 spiro atoms. The number of hydrogen-bond donors (Lipinski definition) is 1. The molecule has 1 aliphatic rings. The fourth-order valence-electron chi connectivity index (χ4n) is 4.91. The van der Waals surface area contributed by atoms with E-state index in [1.54, 1.807) is 31.2 Å². The van der Waals surface area contributed by atoms with Crippen LogP contribution in [0.15, 0.2) is 64.3 Å². The Balaban J connectivity index is 1.61. The van der Waals surface area contributed by atoms with E-state index in [1.165, 1.54) is 22.3 Å². The van der Waals surface area contributed by atoms with Crippen molar-refractivity contribution in [2.45, 2.75) is 53.0 Å². The summed E-state index contributed by atoms with van der Waals surface area (Å²) >= 11 is 1.27. The lowest BCUT2D eigenvalue weighted by Crippen LogP contribution is -2.31. The van der Waals surface area contributed by atoms with Crippen molar-refractivity contribution in [1.29, 1.82) is 0 Å². The van der Waals surface area contributed by atoms with Crippen LogP contribution in [0, 0.1) is 6.92 Å². The molecule has 42 heavy (non-hydrogen) atoms. The van der Waals surface area contributed by atoms with Crippen LogP contribution in [0.2, 0.25) is 0 Å². The fourth-order valence-corrected chi connectivity index (χ4v) is 5.93. The minimum Gasteiger partial charge on any atom is -0.503 e. The molecule has 0 fully saturated rings. The van der Waals surface area contributed by atoms with E-state index in [4.69, 9.17) is 23.6 Å². The molecule has 3 heterocycles. The number of Topliss-reactive ketones (excluding diaryl/α,β-unsaturated/α-hetero) is 1. The zero-order valence-electron chi connectivity index (χ0n) is 24.1. The summed E-state index contributed by atoms with van der Waals surface area (Å²) < 4.78 is 24.0. The summed E-state index contributed by atoms with van der Waals surface area (Å²) in [6, 6.07) is 13.0. The zero-order valence-corrected chi connectivity index (χ0v) is 25.0. The molecule has 10 heteroatoms. The van der Waals surface area contributed by atoms with Crippen LogP contribution < -0.4 is 19.1 Å². The summed E-state index contributed by atoms with van der Waals surface area (Å²) in [6.07, 6.45) is 3.04. The van der Waals surface area contributed by atoms with Crippen LogP contribution in [0.1, 0.15) is 68.0 Å². The maximum atomic E-state index is 13.8. The van der Waals surface area contributed by atoms with Gasteiger partial charge in [0.15, 0.2) is 28.1 Å². The van der Waals surface area contributed by atoms with Gasteiger partial charge in [-0.25, -0.2) is 4.98 Å². The monoisotopic (exact) mass is 590 g/mol. The zero-order chi connectivity index (χ0) is 29.8. The first kappa shape index (κ1) is 29.2. The van der Waals surface area contributed by atoms with Crippen molar-refractivity contribution in [3.63, 3.8) is 0 Å². The summed E-state index contributed by atoms with van der Waals surface area (Å²) in [4.78, 5) is 33.5. The Hall–Kier alpha value is -4.31. The van der Waals surface area contributed by atoms with Crippen molar-refractivity contribution >= 4 is 38.4 Å². The van der Waals surface area contributed by atoms with Crippen LogP contribution in [-0.4, -0.2) is 41.6 Å². The molecule has 0 aliphatic carbocycles. The van der Waals surface area contributed by atoms with Crippen LogP contribution in [0.4, 0.5) is 5.13 Å². The van der Waals surface area contributed by atoms with Crippen molar-refractivity contribution in [1.82, 2.24) is 4.98 Å². The minimum atomic E-state index is -0.990. The summed E-state index contributed by atoms with van der Waals surface area (Å²) in [5, 5.41) is 11.5. The van der Waals surface area contributed by atoms with E-state index in [0.717, 1.165) is 24.0 Å². The maximum absolute atomic E-state index is 13.8. The van der Waals surface area contributed by atoms with Gasteiger partial charge in [-0.2, -0.15) is 0 Å². The number of furan rings is 1. The number of rotatable bonds is 13. The summed E-state index contributed by atoms with van der Waals surface area (Å²) in [5.41, 5.74) is 1.12. The second-order valence-corrected chi connectivity index (χ2v) is 10.8. The Kier molecular flexibility index (Phi) is 8.82. The highest BCUT2D eigenvalue weighted by Crippen LogP contribution is 2.46. The number of carbonyl (C=O) groups is 2. The van der Waals surface area contributed by atoms with E-state index in [0.29, 0.717) is 59.0 Å². The van der Waals surface area contributed by atoms with E-state index >= 15 is 0 Å². The van der Waals surface area contributed by atoms with E-state index in [2.05, 4.69) is 6.92 Å². The highest BCUT2D eigenvalue weighted by molar-refractivity contribution is 7.22. The Labute approximate surface area is 248 Å². The standard InChI is InChI=1S/C32H34N2O7S/c1-5-8-9-16-40-23-15-11-20(17-25(23)39-7-3)28-27(29(35)24-14-10-19(4)41-24)30(36)31(37)34(28)32-33-22-13-12-21(38-6-2)18-26(22)42-32/h10-15,17-18,28,36H,5-9,16H2,1-4H3. The number of thiazole rings is 1. The number of ketones is 1. The van der Waals surface area contributed by atoms with Gasteiger partial charge in [0.1, 0.15) is 11.5 Å². The molecule has 0 radical (unpaired) electrons. The van der Waals surface area contributed by atoms with Gasteiger partial charge in [0.25, 0.3) is 5.91 Å². The third-order valence-corrected chi connectivity index (χ3v) is 7.89. The molecule has 0 bridgehead atoms. The number of unbranched alkanes of at least 4 members (excludes halogenated alkanes) is 2. The molecule has 5 rings (SSSR count). The maximum Gasteiger partial charge on any atom is 0.296 e. The Morgan fingerprint density at radius 2 is 1.81 bits per heavy atom. The number of anilines is 1. The molecule has 1 atom stereocenters. The van der Waals surface area contributed by atoms with Gasteiger partial charge in [0.2, 0.25) is 5.78 Å². The molecule has 0 saturated heterocycles.